The number of hydrogen-bond acceptors (Lipinski definition) is 6. The van der Waals surface area contributed by atoms with Crippen LogP contribution in [0.1, 0.15) is 37.7 Å². The molecule has 7 heteroatoms. The van der Waals surface area contributed by atoms with Crippen molar-refractivity contribution in [2.75, 3.05) is 14.2 Å². The largest absolute Gasteiger partial charge is 0.497 e. The summed E-state index contributed by atoms with van der Waals surface area (Å²) in [6.45, 7) is 0. The van der Waals surface area contributed by atoms with Gasteiger partial charge in [0.05, 0.1) is 37.0 Å². The minimum absolute atomic E-state index is 0.395. The minimum Gasteiger partial charge on any atom is -0.497 e. The lowest BCUT2D eigenvalue weighted by atomic mass is 9.96. The summed E-state index contributed by atoms with van der Waals surface area (Å²) in [5, 5.41) is 9.06. The van der Waals surface area contributed by atoms with E-state index in [4.69, 9.17) is 19.6 Å². The molecule has 0 unspecified atom stereocenters. The number of nitrogens with zero attached hydrogens (tertiary/aromatic N) is 3. The Morgan fingerprint density at radius 1 is 1.07 bits per heavy atom. The predicted octanol–water partition coefficient (Wildman–Crippen LogP) is 5.41. The number of hydrogen-bond donors (Lipinski definition) is 0. The van der Waals surface area contributed by atoms with Crippen LogP contribution >= 0.6 is 22.7 Å². The van der Waals surface area contributed by atoms with Crippen molar-refractivity contribution in [2.24, 2.45) is 10.1 Å². The van der Waals surface area contributed by atoms with Gasteiger partial charge >= 0.3 is 0 Å². The fourth-order valence-corrected chi connectivity index (χ4v) is 5.22. The topological polar surface area (TPSA) is 48.1 Å². The molecule has 0 bridgehead atoms. The number of ether oxygens (including phenoxy) is 2. The van der Waals surface area contributed by atoms with Gasteiger partial charge in [-0.25, -0.2) is 4.68 Å². The van der Waals surface area contributed by atoms with E-state index in [1.54, 1.807) is 36.9 Å². The zero-order chi connectivity index (χ0) is 20.1. The van der Waals surface area contributed by atoms with Crippen LogP contribution in [0.3, 0.4) is 0 Å². The van der Waals surface area contributed by atoms with Gasteiger partial charge in [-0.15, -0.1) is 22.7 Å². The summed E-state index contributed by atoms with van der Waals surface area (Å²) < 4.78 is 12.8. The molecular weight excluding hydrogens is 402 g/mol. The summed E-state index contributed by atoms with van der Waals surface area (Å²) in [4.78, 5) is 7.18. The summed E-state index contributed by atoms with van der Waals surface area (Å²) >= 11 is 3.36. The van der Waals surface area contributed by atoms with Crippen LogP contribution in [0.25, 0.3) is 10.6 Å². The molecule has 29 heavy (non-hydrogen) atoms. The molecule has 1 aliphatic rings. The number of aromatic nitrogens is 1. The predicted molar refractivity (Wildman–Crippen MR) is 121 cm³/mol. The molecule has 4 rings (SSSR count). The monoisotopic (exact) mass is 427 g/mol. The van der Waals surface area contributed by atoms with E-state index >= 15 is 0 Å². The molecule has 0 spiro atoms. The fraction of sp³-hybridized carbons (Fsp3) is 0.364. The van der Waals surface area contributed by atoms with Gasteiger partial charge in [-0.3, -0.25) is 4.99 Å². The van der Waals surface area contributed by atoms with Gasteiger partial charge in [0.2, 0.25) is 4.80 Å². The van der Waals surface area contributed by atoms with Crippen LogP contribution in [0.4, 0.5) is 0 Å². The van der Waals surface area contributed by atoms with Crippen molar-refractivity contribution in [2.45, 2.75) is 38.1 Å². The molecule has 1 fully saturated rings. The first kappa shape index (κ1) is 19.9. The first-order valence-electron chi connectivity index (χ1n) is 9.83. The Morgan fingerprint density at radius 2 is 1.93 bits per heavy atom. The van der Waals surface area contributed by atoms with E-state index in [0.29, 0.717) is 6.04 Å². The lowest BCUT2D eigenvalue weighted by Crippen LogP contribution is -2.18. The van der Waals surface area contributed by atoms with Crippen molar-refractivity contribution < 1.29 is 9.47 Å². The Morgan fingerprint density at radius 3 is 2.66 bits per heavy atom. The van der Waals surface area contributed by atoms with E-state index in [2.05, 4.69) is 22.9 Å². The highest BCUT2D eigenvalue weighted by molar-refractivity contribution is 7.14. The van der Waals surface area contributed by atoms with Crippen LogP contribution in [0.2, 0.25) is 0 Å². The Balaban J connectivity index is 1.76. The highest BCUT2D eigenvalue weighted by atomic mass is 32.1. The molecule has 2 aromatic heterocycles. The lowest BCUT2D eigenvalue weighted by molar-refractivity contribution is 0.402. The third-order valence-corrected chi connectivity index (χ3v) is 6.80. The summed E-state index contributed by atoms with van der Waals surface area (Å²) in [5.41, 5.74) is 1.93. The molecule has 1 aromatic carbocycles. The second kappa shape index (κ2) is 9.41. The maximum absolute atomic E-state index is 5.49. The third kappa shape index (κ3) is 4.62. The van der Waals surface area contributed by atoms with Gasteiger partial charge in [-0.05, 0) is 42.5 Å². The molecule has 0 radical (unpaired) electrons. The summed E-state index contributed by atoms with van der Waals surface area (Å²) in [6.07, 6.45) is 8.01. The average Bonchev–Trinajstić information content (AvgIpc) is 3.42. The quantitative estimate of drug-likeness (QED) is 0.494. The zero-order valence-electron chi connectivity index (χ0n) is 16.7. The Labute approximate surface area is 179 Å². The minimum atomic E-state index is 0.395. The van der Waals surface area contributed by atoms with E-state index < -0.39 is 0 Å². The van der Waals surface area contributed by atoms with Crippen LogP contribution < -0.4 is 14.3 Å². The van der Waals surface area contributed by atoms with E-state index in [1.807, 2.05) is 29.1 Å². The smallest absolute Gasteiger partial charge is 0.206 e. The van der Waals surface area contributed by atoms with Gasteiger partial charge in [0, 0.05) is 10.9 Å². The molecule has 0 amide bonds. The summed E-state index contributed by atoms with van der Waals surface area (Å²) in [6, 6.07) is 10.3. The SMILES string of the molecule is COc1ccc(OC)c(C=Nn2c(-c3cccs3)csc2=NC2CCCCC2)c1. The summed E-state index contributed by atoms with van der Waals surface area (Å²) in [7, 11) is 3.32. The Kier molecular flexibility index (Phi) is 6.46. The maximum atomic E-state index is 5.49. The number of thiazole rings is 1. The standard InChI is InChI=1S/C22H25N3O2S2/c1-26-18-10-11-20(27-2)16(13-18)14-23-25-19(21-9-6-12-28-21)15-29-22(25)24-17-7-4-3-5-8-17/h6,9-15,17H,3-5,7-8H2,1-2H3. The van der Waals surface area contributed by atoms with E-state index in [9.17, 15) is 0 Å². The maximum Gasteiger partial charge on any atom is 0.206 e. The molecule has 0 atom stereocenters. The van der Waals surface area contributed by atoms with Crippen LogP contribution in [-0.2, 0) is 0 Å². The van der Waals surface area contributed by atoms with Crippen LogP contribution in [0.15, 0.2) is 51.2 Å². The number of benzene rings is 1. The van der Waals surface area contributed by atoms with Crippen molar-refractivity contribution in [3.05, 3.63) is 51.5 Å². The Bertz CT molecular complexity index is 1030. The zero-order valence-corrected chi connectivity index (χ0v) is 18.3. The third-order valence-electron chi connectivity index (χ3n) is 5.08. The molecule has 3 aromatic rings. The molecule has 0 saturated heterocycles. The van der Waals surface area contributed by atoms with Crippen LogP contribution in [0, 0.1) is 0 Å². The Hall–Kier alpha value is -2.38. The van der Waals surface area contributed by atoms with Gasteiger partial charge in [0.1, 0.15) is 11.5 Å². The van der Waals surface area contributed by atoms with Gasteiger partial charge in [-0.1, -0.05) is 25.3 Å². The molecular formula is C22H25N3O2S2. The molecule has 0 N–H and O–H groups in total. The van der Waals surface area contributed by atoms with Crippen molar-refractivity contribution >= 4 is 28.9 Å². The number of methoxy groups -OCH3 is 2. The molecule has 152 valence electrons. The van der Waals surface area contributed by atoms with Gasteiger partial charge in [0.15, 0.2) is 0 Å². The average molecular weight is 428 g/mol. The molecule has 1 aliphatic carbocycles. The second-order valence-electron chi connectivity index (χ2n) is 6.97. The highest BCUT2D eigenvalue weighted by Gasteiger charge is 2.14. The number of rotatable bonds is 6. The molecule has 0 aliphatic heterocycles. The first-order valence-corrected chi connectivity index (χ1v) is 11.6. The lowest BCUT2D eigenvalue weighted by Gasteiger charge is -2.16. The molecule has 2 heterocycles. The van der Waals surface area contributed by atoms with E-state index in [-0.39, 0.29) is 0 Å². The molecule has 1 saturated carbocycles. The second-order valence-corrected chi connectivity index (χ2v) is 8.75. The van der Waals surface area contributed by atoms with E-state index in [0.717, 1.165) is 27.6 Å². The van der Waals surface area contributed by atoms with Gasteiger partial charge in [-0.2, -0.15) is 5.10 Å². The molecule has 5 nitrogen and oxygen atoms in total. The first-order chi connectivity index (χ1) is 14.3. The highest BCUT2D eigenvalue weighted by Crippen LogP contribution is 2.27. The van der Waals surface area contributed by atoms with Crippen LogP contribution in [-0.4, -0.2) is 31.2 Å². The fourth-order valence-electron chi connectivity index (χ4n) is 3.52. The van der Waals surface area contributed by atoms with E-state index in [1.165, 1.54) is 37.0 Å². The van der Waals surface area contributed by atoms with Gasteiger partial charge < -0.3 is 9.47 Å². The van der Waals surface area contributed by atoms with Crippen LogP contribution in [0.5, 0.6) is 11.5 Å². The van der Waals surface area contributed by atoms with Crippen molar-refractivity contribution in [1.82, 2.24) is 4.68 Å². The van der Waals surface area contributed by atoms with Crippen molar-refractivity contribution in [1.29, 1.82) is 0 Å². The van der Waals surface area contributed by atoms with Crippen molar-refractivity contribution in [3.8, 4) is 22.1 Å². The number of thiophene rings is 1. The van der Waals surface area contributed by atoms with Gasteiger partial charge in [0.25, 0.3) is 0 Å². The van der Waals surface area contributed by atoms with Crippen molar-refractivity contribution in [3.63, 3.8) is 0 Å². The summed E-state index contributed by atoms with van der Waals surface area (Å²) in [5.74, 6) is 1.53. The normalized spacial score (nSPS) is 15.9.